The first-order valence-electron chi connectivity index (χ1n) is 27.8. The van der Waals surface area contributed by atoms with Crippen LogP contribution in [-0.2, 0) is 33.8 Å². The van der Waals surface area contributed by atoms with E-state index in [1.165, 1.54) is 0 Å². The van der Waals surface area contributed by atoms with Gasteiger partial charge in [0.2, 0.25) is 0 Å². The van der Waals surface area contributed by atoms with Gasteiger partial charge in [0.05, 0.1) is 78.0 Å². The van der Waals surface area contributed by atoms with E-state index in [0.29, 0.717) is 65.0 Å². The van der Waals surface area contributed by atoms with Crippen LogP contribution in [0.1, 0.15) is 57.7 Å². The van der Waals surface area contributed by atoms with Gasteiger partial charge in [-0.3, -0.25) is 0 Å². The van der Waals surface area contributed by atoms with Gasteiger partial charge >= 0.3 is 138 Å². The molecule has 0 spiro atoms. The van der Waals surface area contributed by atoms with Gasteiger partial charge in [0.15, 0.2) is 0 Å². The minimum absolute atomic E-state index is 0. The van der Waals surface area contributed by atoms with Crippen molar-refractivity contribution in [3.05, 3.63) is 210 Å². The zero-order valence-electron chi connectivity index (χ0n) is 48.9. The van der Waals surface area contributed by atoms with Crippen molar-refractivity contribution in [1.29, 1.82) is 0 Å². The number of fused-ring (bicyclic) bond motifs is 3. The van der Waals surface area contributed by atoms with Crippen LogP contribution in [0.3, 0.4) is 0 Å². The number of ether oxygens (including phenoxy) is 8. The fraction of sp³-hybridized carbons (Fsp3) is 0.275. The van der Waals surface area contributed by atoms with Crippen LogP contribution < -0.4 is 162 Å². The summed E-state index contributed by atoms with van der Waals surface area (Å²) in [4.78, 5) is 28.0. The molecule has 0 amide bonds. The number of carbonyl (C=O) groups is 2. The van der Waals surface area contributed by atoms with Crippen molar-refractivity contribution in [2.24, 2.45) is 5.92 Å². The van der Waals surface area contributed by atoms with Gasteiger partial charge in [-0.25, -0.2) is 0 Å². The standard InChI is InChI=1S/C69H71NO12.2Cs/c1-48(2)47-69(55-21-29-65(61(45-55)67(71)72)81-41-39-79-37-35-77-33-31-75-3)63-43-53(50-13-9-6-10-14-50)19-27-59(63)60-28-20-54(44-64(60)69)52-17-24-57(25-18-52)70(56-22-15-51(16-23-56)49-11-7-5-8-12-49)58-26-30-66(62(46-58)68(73)74)82-42-40-80-38-36-78-34-32-76-4;;/h5-30,43-46,48H,31-42,47H2,1-4H3,(H,71,72)(H,73,74);;/q;2*+1/p-2. The molecule has 0 fully saturated rings. The molecule has 9 rings (SSSR count). The molecule has 8 aromatic carbocycles. The van der Waals surface area contributed by atoms with Crippen molar-refractivity contribution in [2.75, 3.05) is 98.4 Å². The predicted molar refractivity (Wildman–Crippen MR) is 315 cm³/mol. The van der Waals surface area contributed by atoms with Gasteiger partial charge in [0, 0.05) is 47.8 Å². The smallest absolute Gasteiger partial charge is 0.545 e. The quantitative estimate of drug-likeness (QED) is 0.0512. The minimum atomic E-state index is -1.37. The van der Waals surface area contributed by atoms with E-state index in [0.717, 1.165) is 72.6 Å². The third kappa shape index (κ3) is 17.0. The summed E-state index contributed by atoms with van der Waals surface area (Å²) in [5.41, 5.74) is 12.4. The van der Waals surface area contributed by atoms with Gasteiger partial charge in [0.25, 0.3) is 0 Å². The van der Waals surface area contributed by atoms with Gasteiger partial charge < -0.3 is 62.6 Å². The normalized spacial score (nSPS) is 13.1. The first kappa shape index (κ1) is 67.5. The average Bonchev–Trinajstić information content (AvgIpc) is 1.95. The third-order valence-electron chi connectivity index (χ3n) is 14.5. The van der Waals surface area contributed by atoms with Crippen LogP contribution >= 0.6 is 0 Å². The molecule has 15 heteroatoms. The number of rotatable bonds is 31. The van der Waals surface area contributed by atoms with Crippen molar-refractivity contribution < 1.29 is 195 Å². The Kier molecular flexibility index (Phi) is 27.2. The summed E-state index contributed by atoms with van der Waals surface area (Å²) in [5.74, 6) is -2.18. The van der Waals surface area contributed by atoms with Gasteiger partial charge in [-0.1, -0.05) is 129 Å². The molecule has 0 N–H and O–H groups in total. The average molecular weight is 1370 g/mol. The first-order valence-corrected chi connectivity index (χ1v) is 27.8. The number of hydrogen-bond donors (Lipinski definition) is 0. The van der Waals surface area contributed by atoms with Gasteiger partial charge in [-0.2, -0.15) is 0 Å². The van der Waals surface area contributed by atoms with E-state index >= 15 is 0 Å². The van der Waals surface area contributed by atoms with E-state index in [1.54, 1.807) is 38.5 Å². The molecule has 0 aromatic heterocycles. The SMILES string of the molecule is COCCOCCOCCOc1ccc(N(c2ccc(-c3ccccc3)cc2)c2ccc(-c3ccc4c(c3)C(CC(C)C)(c3ccc(OCCOCCOCCOC)c(C(=O)[O-])c3)c3cc(-c5ccccc5)ccc3-4)cc2)cc1C(=O)[O-].[Cs+].[Cs+]. The molecule has 0 heterocycles. The second kappa shape index (κ2) is 33.9. The monoisotopic (exact) mass is 1370 g/mol. The number of benzene rings is 8. The molecule has 1 aliphatic rings. The van der Waals surface area contributed by atoms with Crippen LogP contribution in [0.5, 0.6) is 11.5 Å². The zero-order chi connectivity index (χ0) is 57.3. The summed E-state index contributed by atoms with van der Waals surface area (Å²) >= 11 is 0. The number of hydrogen-bond acceptors (Lipinski definition) is 13. The molecule has 0 saturated heterocycles. The maximum atomic E-state index is 13.1. The maximum absolute atomic E-state index is 13.1. The number of nitrogens with zero attached hydrogens (tertiary/aromatic N) is 1. The molecule has 8 aromatic rings. The van der Waals surface area contributed by atoms with Crippen LogP contribution in [0.15, 0.2) is 182 Å². The number of carboxylic acids is 2. The Labute approximate surface area is 611 Å². The van der Waals surface area contributed by atoms with Crippen LogP contribution in [0.4, 0.5) is 17.1 Å². The minimum Gasteiger partial charge on any atom is -0.545 e. The molecule has 424 valence electrons. The molecule has 1 atom stereocenters. The number of carboxylic acid groups (broad SMARTS) is 2. The Balaban J connectivity index is 0.00000506. The summed E-state index contributed by atoms with van der Waals surface area (Å²) in [6, 6.07) is 60.5. The van der Waals surface area contributed by atoms with E-state index in [-0.39, 0.29) is 193 Å². The molecule has 1 unspecified atom stereocenters. The summed E-state index contributed by atoms with van der Waals surface area (Å²) in [7, 11) is 3.23. The molecule has 1 aliphatic carbocycles. The van der Waals surface area contributed by atoms with Gasteiger partial charge in [-0.05, 0) is 140 Å². The number of carbonyl (C=O) groups excluding carboxylic acids is 2. The van der Waals surface area contributed by atoms with E-state index in [2.05, 4.69) is 98.8 Å². The summed E-state index contributed by atoms with van der Waals surface area (Å²) in [6.45, 7) is 8.56. The van der Waals surface area contributed by atoms with Crippen LogP contribution in [0, 0.1) is 5.92 Å². The summed E-state index contributed by atoms with van der Waals surface area (Å²) in [6.07, 6.45) is 0.662. The zero-order valence-corrected chi connectivity index (χ0v) is 61.5. The molecular weight excluding hydrogens is 1300 g/mol. The van der Waals surface area contributed by atoms with Crippen molar-refractivity contribution in [3.8, 4) is 56.0 Å². The maximum Gasteiger partial charge on any atom is 1.00 e. The topological polar surface area (TPSA) is 157 Å². The van der Waals surface area contributed by atoms with Gasteiger partial charge in [0.1, 0.15) is 24.7 Å². The fourth-order valence-corrected chi connectivity index (χ4v) is 10.7. The fourth-order valence-electron chi connectivity index (χ4n) is 10.7. The van der Waals surface area contributed by atoms with Crippen molar-refractivity contribution in [1.82, 2.24) is 0 Å². The van der Waals surface area contributed by atoms with Crippen LogP contribution in [0.2, 0.25) is 0 Å². The van der Waals surface area contributed by atoms with E-state index in [4.69, 9.17) is 37.9 Å². The molecule has 0 saturated carbocycles. The molecule has 0 bridgehead atoms. The van der Waals surface area contributed by atoms with Crippen LogP contribution in [0.25, 0.3) is 44.5 Å². The van der Waals surface area contributed by atoms with E-state index in [9.17, 15) is 19.8 Å². The number of aromatic carboxylic acids is 2. The molecule has 13 nitrogen and oxygen atoms in total. The largest absolute Gasteiger partial charge is 1.00 e. The molecule has 0 aliphatic heterocycles. The molecular formula is C69H69Cs2NO12. The van der Waals surface area contributed by atoms with E-state index < -0.39 is 17.4 Å². The second-order valence-electron chi connectivity index (χ2n) is 20.3. The predicted octanol–water partition coefficient (Wildman–Crippen LogP) is 5.37. The number of anilines is 3. The molecule has 84 heavy (non-hydrogen) atoms. The summed E-state index contributed by atoms with van der Waals surface area (Å²) in [5, 5.41) is 25.9. The first-order chi connectivity index (χ1) is 40.1. The van der Waals surface area contributed by atoms with Crippen molar-refractivity contribution >= 4 is 29.0 Å². The number of methoxy groups -OCH3 is 2. The van der Waals surface area contributed by atoms with Crippen LogP contribution in [-0.4, -0.2) is 105 Å². The second-order valence-corrected chi connectivity index (χ2v) is 20.3. The van der Waals surface area contributed by atoms with Crippen molar-refractivity contribution in [3.63, 3.8) is 0 Å². The van der Waals surface area contributed by atoms with Gasteiger partial charge in [-0.15, -0.1) is 0 Å². The molecule has 0 radical (unpaired) electrons. The van der Waals surface area contributed by atoms with Crippen molar-refractivity contribution in [2.45, 2.75) is 25.7 Å². The van der Waals surface area contributed by atoms with E-state index in [1.807, 2.05) is 77.7 Å². The third-order valence-corrected chi connectivity index (χ3v) is 14.5. The Bertz CT molecular complexity index is 3380. The Hall–Kier alpha value is -4.04. The Morgan fingerprint density at radius 1 is 0.417 bits per heavy atom. The summed E-state index contributed by atoms with van der Waals surface area (Å²) < 4.78 is 44.4. The Morgan fingerprint density at radius 3 is 1.23 bits per heavy atom. The Morgan fingerprint density at radius 2 is 0.786 bits per heavy atom.